The van der Waals surface area contributed by atoms with Crippen LogP contribution in [0.15, 0.2) is 71.2 Å². The van der Waals surface area contributed by atoms with Gasteiger partial charge in [-0.25, -0.2) is 4.39 Å². The number of halogens is 1. The van der Waals surface area contributed by atoms with Crippen LogP contribution in [0.2, 0.25) is 0 Å². The second-order valence-corrected chi connectivity index (χ2v) is 10.3. The van der Waals surface area contributed by atoms with Crippen LogP contribution >= 0.6 is 11.3 Å². The van der Waals surface area contributed by atoms with Crippen molar-refractivity contribution in [1.29, 1.82) is 0 Å². The number of anilines is 1. The number of allylic oxidation sites excluding steroid dienone is 2. The number of ketones is 1. The number of benzene rings is 2. The van der Waals surface area contributed by atoms with E-state index in [-0.39, 0.29) is 31.1 Å². The van der Waals surface area contributed by atoms with Crippen molar-refractivity contribution < 1.29 is 33.0 Å². The molecule has 0 saturated carbocycles. The highest BCUT2D eigenvalue weighted by Gasteiger charge is 2.50. The van der Waals surface area contributed by atoms with E-state index < -0.39 is 29.5 Å². The van der Waals surface area contributed by atoms with Gasteiger partial charge in [0.15, 0.2) is 17.3 Å². The molecule has 39 heavy (non-hydrogen) atoms. The Labute approximate surface area is 229 Å². The molecule has 0 unspecified atom stereocenters. The third-order valence-electron chi connectivity index (χ3n) is 7.26. The first kappa shape index (κ1) is 26.6. The number of Topliss-reactive ketones (excluding diaryl/α,β-unsaturated/α-hetero) is 1. The van der Waals surface area contributed by atoms with Crippen LogP contribution in [-0.2, 0) is 19.1 Å². The maximum atomic E-state index is 14.4. The predicted octanol–water partition coefficient (Wildman–Crippen LogP) is 5.61. The normalized spacial score (nSPS) is 21.0. The van der Waals surface area contributed by atoms with E-state index in [2.05, 4.69) is 0 Å². The third-order valence-corrected chi connectivity index (χ3v) is 8.27. The molecule has 202 valence electrons. The molecule has 1 aromatic heterocycles. The first-order chi connectivity index (χ1) is 18.9. The van der Waals surface area contributed by atoms with Gasteiger partial charge in [-0.3, -0.25) is 19.3 Å². The van der Waals surface area contributed by atoms with E-state index in [9.17, 15) is 18.8 Å². The second kappa shape index (κ2) is 11.0. The number of hydrogen-bond donors (Lipinski definition) is 0. The van der Waals surface area contributed by atoms with Crippen molar-refractivity contribution in [3.05, 3.63) is 87.5 Å². The largest absolute Gasteiger partial charge is 0.493 e. The van der Waals surface area contributed by atoms with Crippen LogP contribution in [0.4, 0.5) is 10.1 Å². The summed E-state index contributed by atoms with van der Waals surface area (Å²) in [4.78, 5) is 43.7. The number of methoxy groups -OCH3 is 2. The van der Waals surface area contributed by atoms with Gasteiger partial charge in [0, 0.05) is 40.1 Å². The number of hydrogen-bond acceptors (Lipinski definition) is 7. The first-order valence-corrected chi connectivity index (χ1v) is 13.5. The van der Waals surface area contributed by atoms with Crippen molar-refractivity contribution in [3.8, 4) is 11.5 Å². The Kier molecular flexibility index (Phi) is 7.52. The van der Waals surface area contributed by atoms with Gasteiger partial charge < -0.3 is 14.2 Å². The van der Waals surface area contributed by atoms with Gasteiger partial charge >= 0.3 is 5.97 Å². The van der Waals surface area contributed by atoms with Gasteiger partial charge in [0.2, 0.25) is 5.91 Å². The van der Waals surface area contributed by atoms with E-state index in [1.165, 1.54) is 54.7 Å². The molecular formula is C30H28FNO6S. The van der Waals surface area contributed by atoms with Gasteiger partial charge in [-0.05, 0) is 66.8 Å². The van der Waals surface area contributed by atoms with E-state index in [1.54, 1.807) is 25.1 Å². The summed E-state index contributed by atoms with van der Waals surface area (Å²) in [5.41, 5.74) is 2.06. The number of nitrogens with zero attached hydrogens (tertiary/aromatic N) is 1. The van der Waals surface area contributed by atoms with E-state index in [4.69, 9.17) is 14.2 Å². The molecule has 2 heterocycles. The van der Waals surface area contributed by atoms with Crippen molar-refractivity contribution in [1.82, 2.24) is 0 Å². The summed E-state index contributed by atoms with van der Waals surface area (Å²) in [5.74, 6) is -2.79. The quantitative estimate of drug-likeness (QED) is 0.281. The lowest BCUT2D eigenvalue weighted by Crippen LogP contribution is -2.46. The minimum Gasteiger partial charge on any atom is -0.493 e. The van der Waals surface area contributed by atoms with Gasteiger partial charge in [0.25, 0.3) is 0 Å². The third kappa shape index (κ3) is 4.83. The zero-order valence-electron chi connectivity index (χ0n) is 21.8. The van der Waals surface area contributed by atoms with E-state index in [0.717, 1.165) is 4.88 Å². The van der Waals surface area contributed by atoms with E-state index in [0.29, 0.717) is 34.0 Å². The van der Waals surface area contributed by atoms with Crippen molar-refractivity contribution in [3.63, 3.8) is 0 Å². The molecule has 0 N–H and O–H groups in total. The summed E-state index contributed by atoms with van der Waals surface area (Å²) in [6, 6.07) is 14.7. The molecule has 0 saturated heterocycles. The van der Waals surface area contributed by atoms with E-state index in [1.807, 2.05) is 17.5 Å². The second-order valence-electron chi connectivity index (χ2n) is 9.36. The lowest BCUT2D eigenvalue weighted by atomic mass is 9.69. The summed E-state index contributed by atoms with van der Waals surface area (Å²) < 4.78 is 30.0. The van der Waals surface area contributed by atoms with Crippen LogP contribution < -0.4 is 14.4 Å². The van der Waals surface area contributed by atoms with Crippen LogP contribution in [0.25, 0.3) is 0 Å². The van der Waals surface area contributed by atoms with Gasteiger partial charge in [-0.1, -0.05) is 12.1 Å². The predicted molar refractivity (Wildman–Crippen MR) is 145 cm³/mol. The molecule has 3 atom stereocenters. The smallest absolute Gasteiger partial charge is 0.317 e. The Morgan fingerprint density at radius 1 is 1.03 bits per heavy atom. The molecule has 0 bridgehead atoms. The standard InChI is InChI=1S/C30H28FNO6S/c1-4-38-30(35)28-21(25-6-5-13-39-25)15-22-27(29(28)34)20(17-7-12-23(36-2)24(14-17)37-3)16-26(33)32(22)19-10-8-18(31)9-11-19/h5-14,20-21,28H,4,15-16H2,1-3H3/t20-,21-,28+/m0/s1. The average Bonchev–Trinajstić information content (AvgIpc) is 3.48. The molecule has 3 aromatic rings. The number of thiophene rings is 1. The minimum absolute atomic E-state index is 0.0172. The lowest BCUT2D eigenvalue weighted by Gasteiger charge is -2.42. The first-order valence-electron chi connectivity index (χ1n) is 12.7. The topological polar surface area (TPSA) is 82.1 Å². The van der Waals surface area contributed by atoms with Gasteiger partial charge in [0.1, 0.15) is 11.7 Å². The maximum absolute atomic E-state index is 14.4. The molecule has 0 fully saturated rings. The molecule has 9 heteroatoms. The Balaban J connectivity index is 1.72. The highest BCUT2D eigenvalue weighted by Crippen LogP contribution is 2.50. The van der Waals surface area contributed by atoms with Crippen molar-refractivity contribution in [2.75, 3.05) is 25.7 Å². The molecule has 5 rings (SSSR count). The molecule has 1 aliphatic carbocycles. The number of carbonyl (C=O) groups is 3. The summed E-state index contributed by atoms with van der Waals surface area (Å²) in [6.45, 7) is 1.85. The number of esters is 1. The fraction of sp³-hybridized carbons (Fsp3) is 0.300. The SMILES string of the molecule is CCOC(=O)[C@H]1C(=O)C2=C(C[C@H]1c1cccs1)N(c1ccc(F)cc1)C(=O)C[C@H]2c1ccc(OC)c(OC)c1. The summed E-state index contributed by atoms with van der Waals surface area (Å²) >= 11 is 1.45. The fourth-order valence-electron chi connectivity index (χ4n) is 5.55. The zero-order chi connectivity index (χ0) is 27.7. The summed E-state index contributed by atoms with van der Waals surface area (Å²) in [5, 5.41) is 1.89. The van der Waals surface area contributed by atoms with Crippen LogP contribution in [-0.4, -0.2) is 38.5 Å². The molecule has 7 nitrogen and oxygen atoms in total. The van der Waals surface area contributed by atoms with Gasteiger partial charge in [0.05, 0.1) is 20.8 Å². The fourth-order valence-corrected chi connectivity index (χ4v) is 6.41. The van der Waals surface area contributed by atoms with Crippen molar-refractivity contribution in [2.45, 2.75) is 31.6 Å². The van der Waals surface area contributed by atoms with Crippen molar-refractivity contribution in [2.24, 2.45) is 5.92 Å². The Bertz CT molecular complexity index is 1430. The Hall–Kier alpha value is -3.98. The molecule has 2 aliphatic rings. The van der Waals surface area contributed by atoms with Crippen LogP contribution in [0, 0.1) is 11.7 Å². The van der Waals surface area contributed by atoms with Gasteiger partial charge in [-0.2, -0.15) is 0 Å². The number of carbonyl (C=O) groups excluding carboxylic acids is 3. The monoisotopic (exact) mass is 549 g/mol. The number of amides is 1. The zero-order valence-corrected chi connectivity index (χ0v) is 22.6. The van der Waals surface area contributed by atoms with Crippen LogP contribution in [0.3, 0.4) is 0 Å². The average molecular weight is 550 g/mol. The molecule has 0 radical (unpaired) electrons. The number of ether oxygens (including phenoxy) is 3. The van der Waals surface area contributed by atoms with Crippen LogP contribution in [0.5, 0.6) is 11.5 Å². The minimum atomic E-state index is -1.05. The van der Waals surface area contributed by atoms with Gasteiger partial charge in [-0.15, -0.1) is 11.3 Å². The summed E-state index contributed by atoms with van der Waals surface area (Å²) in [6.07, 6.45) is 0.245. The molecule has 0 spiro atoms. The highest BCUT2D eigenvalue weighted by molar-refractivity contribution is 7.10. The Morgan fingerprint density at radius 2 is 1.77 bits per heavy atom. The van der Waals surface area contributed by atoms with Crippen molar-refractivity contribution >= 4 is 34.7 Å². The van der Waals surface area contributed by atoms with E-state index >= 15 is 0 Å². The summed E-state index contributed by atoms with van der Waals surface area (Å²) in [7, 11) is 3.05. The maximum Gasteiger partial charge on any atom is 0.317 e. The number of rotatable bonds is 7. The highest BCUT2D eigenvalue weighted by atomic mass is 32.1. The molecule has 1 aliphatic heterocycles. The molecule has 2 aromatic carbocycles. The van der Waals surface area contributed by atoms with Crippen LogP contribution in [0.1, 0.15) is 42.0 Å². The lowest BCUT2D eigenvalue weighted by molar-refractivity contribution is -0.152. The Morgan fingerprint density at radius 3 is 2.41 bits per heavy atom. The molecule has 1 amide bonds. The molecular weight excluding hydrogens is 521 g/mol.